The second-order valence-electron chi connectivity index (χ2n) is 6.08. The highest BCUT2D eigenvalue weighted by molar-refractivity contribution is 5.81. The molecule has 0 aliphatic carbocycles. The van der Waals surface area contributed by atoms with Gasteiger partial charge in [0.25, 0.3) is 5.91 Å². The van der Waals surface area contributed by atoms with Crippen molar-refractivity contribution >= 4 is 11.9 Å². The number of ether oxygens (including phenoxy) is 1. The van der Waals surface area contributed by atoms with Crippen LogP contribution >= 0.6 is 0 Å². The molecule has 0 N–H and O–H groups in total. The monoisotopic (exact) mass is 303 g/mol. The van der Waals surface area contributed by atoms with Crippen LogP contribution in [0.2, 0.25) is 0 Å². The maximum absolute atomic E-state index is 12.2. The fourth-order valence-electron chi connectivity index (χ4n) is 3.09. The van der Waals surface area contributed by atoms with Gasteiger partial charge in [-0.25, -0.2) is 0 Å². The fraction of sp³-hybridized carbons (Fsp3) is 0.556. The third-order valence-electron chi connectivity index (χ3n) is 4.30. The van der Waals surface area contributed by atoms with Crippen molar-refractivity contribution in [3.63, 3.8) is 0 Å². The van der Waals surface area contributed by atoms with Gasteiger partial charge in [0.1, 0.15) is 0 Å². The molecule has 0 radical (unpaired) electrons. The maximum Gasteiger partial charge on any atom is 0.306 e. The fourth-order valence-corrected chi connectivity index (χ4v) is 3.09. The molecule has 1 aliphatic rings. The molecule has 1 aromatic carbocycles. The molecule has 2 atom stereocenters. The summed E-state index contributed by atoms with van der Waals surface area (Å²) in [6.45, 7) is 3.98. The first-order valence-corrected chi connectivity index (χ1v) is 8.08. The molecule has 1 fully saturated rings. The van der Waals surface area contributed by atoms with E-state index in [9.17, 15) is 9.59 Å². The van der Waals surface area contributed by atoms with Gasteiger partial charge < -0.3 is 9.64 Å². The minimum atomic E-state index is -0.311. The molecule has 4 nitrogen and oxygen atoms in total. The summed E-state index contributed by atoms with van der Waals surface area (Å²) < 4.78 is 5.15. The molecule has 0 unspecified atom stereocenters. The predicted molar refractivity (Wildman–Crippen MR) is 85.3 cm³/mol. The van der Waals surface area contributed by atoms with E-state index < -0.39 is 0 Å². The third kappa shape index (κ3) is 4.58. The molecule has 0 spiro atoms. The van der Waals surface area contributed by atoms with E-state index in [1.807, 2.05) is 35.2 Å². The van der Waals surface area contributed by atoms with E-state index >= 15 is 0 Å². The highest BCUT2D eigenvalue weighted by atomic mass is 16.5. The number of carbonyl (C=O) groups is 2. The lowest BCUT2D eigenvalue weighted by molar-refractivity contribution is -0.154. The number of piperidine rings is 1. The molecule has 1 saturated heterocycles. The second-order valence-corrected chi connectivity index (χ2v) is 6.08. The molecule has 1 aromatic rings. The number of amides is 1. The lowest BCUT2D eigenvalue weighted by Crippen LogP contribution is -2.49. The van der Waals surface area contributed by atoms with Crippen LogP contribution < -0.4 is 0 Å². The number of rotatable bonds is 5. The Bertz CT molecular complexity index is 490. The van der Waals surface area contributed by atoms with Crippen LogP contribution in [-0.2, 0) is 20.7 Å². The molecular weight excluding hydrogens is 278 g/mol. The normalized spacial score (nSPS) is 21.5. The quantitative estimate of drug-likeness (QED) is 0.786. The van der Waals surface area contributed by atoms with Gasteiger partial charge in [-0.15, -0.1) is 0 Å². The molecule has 0 bridgehead atoms. The number of hydrogen-bond donors (Lipinski definition) is 0. The number of nitrogens with zero attached hydrogens (tertiary/aromatic N) is 1. The Kier molecular flexibility index (Phi) is 5.99. The number of esters is 1. The maximum atomic E-state index is 12.2. The van der Waals surface area contributed by atoms with Crippen molar-refractivity contribution in [1.82, 2.24) is 4.90 Å². The largest absolute Gasteiger partial charge is 0.456 e. The van der Waals surface area contributed by atoms with Crippen LogP contribution in [0.25, 0.3) is 0 Å². The molecule has 0 aromatic heterocycles. The smallest absolute Gasteiger partial charge is 0.306 e. The zero-order chi connectivity index (χ0) is 15.9. The summed E-state index contributed by atoms with van der Waals surface area (Å²) in [5.41, 5.74) is 1.10. The summed E-state index contributed by atoms with van der Waals surface area (Å²) >= 11 is 0. The topological polar surface area (TPSA) is 46.6 Å². The predicted octanol–water partition coefficient (Wildman–Crippen LogP) is 2.95. The SMILES string of the molecule is C[C@H]1CCC[C@H](C)N1C(=O)COC(=O)CCc1ccccc1. The zero-order valence-electron chi connectivity index (χ0n) is 13.5. The summed E-state index contributed by atoms with van der Waals surface area (Å²) in [4.78, 5) is 25.9. The van der Waals surface area contributed by atoms with Gasteiger partial charge in [0.2, 0.25) is 0 Å². The highest BCUT2D eigenvalue weighted by Gasteiger charge is 2.29. The van der Waals surface area contributed by atoms with Gasteiger partial charge in [0, 0.05) is 18.5 Å². The average molecular weight is 303 g/mol. The van der Waals surface area contributed by atoms with Gasteiger partial charge in [-0.1, -0.05) is 30.3 Å². The van der Waals surface area contributed by atoms with Crippen molar-refractivity contribution in [3.05, 3.63) is 35.9 Å². The minimum absolute atomic E-state index is 0.0761. The zero-order valence-corrected chi connectivity index (χ0v) is 13.5. The van der Waals surface area contributed by atoms with E-state index in [1.54, 1.807) is 0 Å². The summed E-state index contributed by atoms with van der Waals surface area (Å²) in [5.74, 6) is -0.387. The lowest BCUT2D eigenvalue weighted by Gasteiger charge is -2.38. The van der Waals surface area contributed by atoms with Crippen LogP contribution in [0.4, 0.5) is 0 Å². The Balaban J connectivity index is 1.74. The van der Waals surface area contributed by atoms with Crippen LogP contribution in [0.5, 0.6) is 0 Å². The molecule has 22 heavy (non-hydrogen) atoms. The number of hydrogen-bond acceptors (Lipinski definition) is 3. The molecule has 1 amide bonds. The van der Waals surface area contributed by atoms with Crippen molar-refractivity contribution < 1.29 is 14.3 Å². The summed E-state index contributed by atoms with van der Waals surface area (Å²) in [5, 5.41) is 0. The van der Waals surface area contributed by atoms with Gasteiger partial charge in [-0.3, -0.25) is 9.59 Å². The Morgan fingerprint density at radius 3 is 2.41 bits per heavy atom. The van der Waals surface area contributed by atoms with E-state index in [0.717, 1.165) is 24.8 Å². The van der Waals surface area contributed by atoms with Crippen molar-refractivity contribution in [1.29, 1.82) is 0 Å². The van der Waals surface area contributed by atoms with Crippen LogP contribution in [-0.4, -0.2) is 35.5 Å². The Morgan fingerprint density at radius 2 is 1.77 bits per heavy atom. The lowest BCUT2D eigenvalue weighted by atomic mass is 9.97. The Hall–Kier alpha value is -1.84. The van der Waals surface area contributed by atoms with Crippen LogP contribution in [0, 0.1) is 0 Å². The summed E-state index contributed by atoms with van der Waals surface area (Å²) in [7, 11) is 0. The molecule has 0 saturated carbocycles. The first kappa shape index (κ1) is 16.5. The van der Waals surface area contributed by atoms with E-state index in [1.165, 1.54) is 0 Å². The molecule has 1 aliphatic heterocycles. The van der Waals surface area contributed by atoms with E-state index in [4.69, 9.17) is 4.74 Å². The Morgan fingerprint density at radius 1 is 1.14 bits per heavy atom. The van der Waals surface area contributed by atoms with Gasteiger partial charge in [0.05, 0.1) is 0 Å². The molecule has 4 heteroatoms. The van der Waals surface area contributed by atoms with Crippen LogP contribution in [0.15, 0.2) is 30.3 Å². The first-order chi connectivity index (χ1) is 10.6. The number of carbonyl (C=O) groups excluding carboxylic acids is 2. The number of likely N-dealkylation sites (tertiary alicyclic amines) is 1. The molecule has 1 heterocycles. The standard InChI is InChI=1S/C18H25NO3/c1-14-7-6-8-15(2)19(14)17(20)13-22-18(21)12-11-16-9-4-3-5-10-16/h3-5,9-10,14-15H,6-8,11-13H2,1-2H3/t14-,15-/m0/s1. The van der Waals surface area contributed by atoms with Crippen LogP contribution in [0.3, 0.4) is 0 Å². The van der Waals surface area contributed by atoms with Gasteiger partial charge >= 0.3 is 5.97 Å². The van der Waals surface area contributed by atoms with E-state index in [-0.39, 0.29) is 30.6 Å². The van der Waals surface area contributed by atoms with Crippen molar-refractivity contribution in [2.45, 2.75) is 58.0 Å². The second kappa shape index (κ2) is 7.97. The summed E-state index contributed by atoms with van der Waals surface area (Å²) in [6, 6.07) is 10.3. The van der Waals surface area contributed by atoms with Gasteiger partial charge in [-0.2, -0.15) is 0 Å². The molecule has 2 rings (SSSR count). The van der Waals surface area contributed by atoms with Gasteiger partial charge in [-0.05, 0) is 45.1 Å². The number of aryl methyl sites for hydroxylation is 1. The average Bonchev–Trinajstić information content (AvgIpc) is 2.52. The highest BCUT2D eigenvalue weighted by Crippen LogP contribution is 2.22. The van der Waals surface area contributed by atoms with Crippen molar-refractivity contribution in [2.75, 3.05) is 6.61 Å². The minimum Gasteiger partial charge on any atom is -0.456 e. The van der Waals surface area contributed by atoms with Crippen molar-refractivity contribution in [2.24, 2.45) is 0 Å². The first-order valence-electron chi connectivity index (χ1n) is 8.08. The van der Waals surface area contributed by atoms with Crippen molar-refractivity contribution in [3.8, 4) is 0 Å². The Labute approximate surface area is 132 Å². The van der Waals surface area contributed by atoms with E-state index in [2.05, 4.69) is 13.8 Å². The third-order valence-corrected chi connectivity index (χ3v) is 4.30. The van der Waals surface area contributed by atoms with Gasteiger partial charge in [0.15, 0.2) is 6.61 Å². The number of benzene rings is 1. The van der Waals surface area contributed by atoms with E-state index in [0.29, 0.717) is 12.8 Å². The molecular formula is C18H25NO3. The van der Waals surface area contributed by atoms with Crippen LogP contribution in [0.1, 0.15) is 45.1 Å². The summed E-state index contributed by atoms with van der Waals surface area (Å²) in [6.07, 6.45) is 4.16. The molecule has 120 valence electrons.